The summed E-state index contributed by atoms with van der Waals surface area (Å²) in [6.07, 6.45) is 20.0. The predicted molar refractivity (Wildman–Crippen MR) is 426 cm³/mol. The smallest absolute Gasteiger partial charge is 0.181 e. The van der Waals surface area contributed by atoms with E-state index >= 15 is 0 Å². The summed E-state index contributed by atoms with van der Waals surface area (Å²) in [5.41, 5.74) is 20.0. The molecule has 20 heteroatoms. The number of piperidine rings is 1. The summed E-state index contributed by atoms with van der Waals surface area (Å²) in [4.78, 5) is 79.7. The minimum absolute atomic E-state index is 0. The second-order valence-electron chi connectivity index (χ2n) is 24.1. The minimum Gasteiger partial charge on any atom is -0.312 e. The third kappa shape index (κ3) is 19.2. The van der Waals surface area contributed by atoms with Crippen LogP contribution in [-0.2, 0) is 14.4 Å². The summed E-state index contributed by atoms with van der Waals surface area (Å²) in [7, 11) is 0. The number of hydrogen-bond donors (Lipinski definition) is 0. The van der Waals surface area contributed by atoms with Crippen molar-refractivity contribution < 1.29 is 24.0 Å². The van der Waals surface area contributed by atoms with E-state index in [1.54, 1.807) is 79.4 Å². The number of aromatic nitrogens is 8. The number of carbonyl (C=O) groups excluding carboxylic acids is 5. The third-order valence-corrected chi connectivity index (χ3v) is 17.5. The highest BCUT2D eigenvalue weighted by Crippen LogP contribution is 2.33. The first-order valence-electron chi connectivity index (χ1n) is 32.3. The van der Waals surface area contributed by atoms with E-state index in [4.69, 9.17) is 32.6 Å². The van der Waals surface area contributed by atoms with Gasteiger partial charge in [-0.3, -0.25) is 48.8 Å². The number of nitrogens with zero attached hydrogens (tertiary/aromatic N) is 13. The first-order chi connectivity index (χ1) is 48.7. The Morgan fingerprint density at radius 3 is 1.11 bits per heavy atom. The molecule has 0 N–H and O–H groups in total. The Labute approximate surface area is 626 Å². The van der Waals surface area contributed by atoms with Gasteiger partial charge in [0, 0.05) is 74.8 Å². The number of nitriles is 4. The van der Waals surface area contributed by atoms with Gasteiger partial charge in [-0.05, 0) is 277 Å². The number of aryl methyl sites for hydroxylation is 2. The number of ketones is 5. The second kappa shape index (κ2) is 37.2. The van der Waals surface area contributed by atoms with Gasteiger partial charge in [-0.15, -0.1) is 11.6 Å². The predicted octanol–water partition coefficient (Wildman–Crippen LogP) is 19.0. The fraction of sp³-hybridized carbons (Fsp3) is 0.212. The average Bonchev–Trinajstić information content (AvgIpc) is 1.62. The van der Waals surface area contributed by atoms with E-state index in [9.17, 15) is 24.0 Å². The zero-order chi connectivity index (χ0) is 72.0. The molecule has 18 nitrogen and oxygen atoms in total. The Hall–Kier alpha value is -12.1. The normalized spacial score (nSPS) is 11.6. The highest BCUT2D eigenvalue weighted by molar-refractivity contribution is 9.10. The van der Waals surface area contributed by atoms with E-state index in [1.807, 2.05) is 128 Å². The largest absolute Gasteiger partial charge is 0.312 e. The van der Waals surface area contributed by atoms with Crippen LogP contribution in [0.1, 0.15) is 152 Å². The number of halogens is 2. The van der Waals surface area contributed by atoms with Crippen LogP contribution >= 0.6 is 27.5 Å². The van der Waals surface area contributed by atoms with Gasteiger partial charge < -0.3 is 18.3 Å². The third-order valence-electron chi connectivity index (χ3n) is 16.8. The van der Waals surface area contributed by atoms with Crippen molar-refractivity contribution >= 4 is 119 Å². The molecule has 4 aromatic carbocycles. The van der Waals surface area contributed by atoms with Crippen LogP contribution in [0, 0.1) is 73.0 Å². The number of fused-ring (bicyclic) bond motifs is 4. The molecule has 1 aliphatic rings. The van der Waals surface area contributed by atoms with Crippen molar-refractivity contribution in [3.63, 3.8) is 0 Å². The van der Waals surface area contributed by atoms with E-state index in [2.05, 4.69) is 80.2 Å². The molecule has 0 saturated carbocycles. The van der Waals surface area contributed by atoms with Crippen LogP contribution in [0.2, 0.25) is 0 Å². The molecule has 1 aliphatic heterocycles. The SMILES string of the molecule is C.C.C.C.CC(=O)/C=C/c1cnc2c(C(=O)CCl)c(C)n(-c3ccc(C#N)cc3)c2c1.CC(=O)/C=C/c1cnc2c(C(=O)CN3CCCCC3)c(C)n(-c3ccc(C#N)cc3)c2c1.CC(=O)/C=C/c1cnc2cc(C)n(-c3ccc(C#N)cc3)c2c1.Cc1cc2ncc(Br)cc2n1-c1ccc(C#N)cc1. The molecule has 9 heterocycles. The quantitative estimate of drug-likeness (QED) is 0.0525. The number of Topliss-reactive ketones (excluding diaryl/α,β-unsaturated/α-hetero) is 2. The maximum Gasteiger partial charge on any atom is 0.181 e. The lowest BCUT2D eigenvalue weighted by Gasteiger charge is -2.25. The van der Waals surface area contributed by atoms with E-state index in [0.717, 1.165) is 126 Å². The molecule has 12 aromatic rings. The minimum atomic E-state index is -0.203. The van der Waals surface area contributed by atoms with Crippen LogP contribution < -0.4 is 0 Å². The van der Waals surface area contributed by atoms with Gasteiger partial charge in [0.1, 0.15) is 0 Å². The van der Waals surface area contributed by atoms with Gasteiger partial charge in [-0.25, -0.2) is 0 Å². The van der Waals surface area contributed by atoms with Crippen molar-refractivity contribution in [1.82, 2.24) is 43.1 Å². The van der Waals surface area contributed by atoms with E-state index < -0.39 is 0 Å². The molecule has 532 valence electrons. The molecular weight excluding hydrogens is 1400 g/mol. The number of carbonyl (C=O) groups is 5. The fourth-order valence-electron chi connectivity index (χ4n) is 12.1. The number of alkyl halides is 1. The highest BCUT2D eigenvalue weighted by Gasteiger charge is 2.26. The second-order valence-corrected chi connectivity index (χ2v) is 25.3. The van der Waals surface area contributed by atoms with Crippen LogP contribution in [0.5, 0.6) is 0 Å². The van der Waals surface area contributed by atoms with Crippen molar-refractivity contribution in [2.24, 2.45) is 0 Å². The average molecular weight is 1480 g/mol. The van der Waals surface area contributed by atoms with Gasteiger partial charge in [0.15, 0.2) is 28.9 Å². The Morgan fingerprint density at radius 2 is 0.762 bits per heavy atom. The molecule has 0 aliphatic carbocycles. The van der Waals surface area contributed by atoms with Crippen molar-refractivity contribution in [2.75, 3.05) is 25.5 Å². The zero-order valence-electron chi connectivity index (χ0n) is 56.5. The lowest BCUT2D eigenvalue weighted by atomic mass is 10.1. The Morgan fingerprint density at radius 1 is 0.438 bits per heavy atom. The summed E-state index contributed by atoms with van der Waals surface area (Å²) < 4.78 is 9.10. The summed E-state index contributed by atoms with van der Waals surface area (Å²) in [5.74, 6) is -0.370. The number of allylic oxidation sites excluding steroid dienone is 3. The molecule has 8 aromatic heterocycles. The Balaban J connectivity index is 0.000000220. The molecule has 13 rings (SSSR count). The van der Waals surface area contributed by atoms with Gasteiger partial charge in [-0.2, -0.15) is 21.0 Å². The Kier molecular flexibility index (Phi) is 29.0. The van der Waals surface area contributed by atoms with Crippen LogP contribution in [0.25, 0.3) is 85.1 Å². The van der Waals surface area contributed by atoms with Crippen molar-refractivity contribution in [2.45, 2.75) is 97.4 Å². The van der Waals surface area contributed by atoms with E-state index in [-0.39, 0.29) is 64.5 Å². The summed E-state index contributed by atoms with van der Waals surface area (Å²) in [6.45, 7) is 14.6. The van der Waals surface area contributed by atoms with Crippen LogP contribution in [0.15, 0.2) is 181 Å². The molecule has 0 radical (unpaired) electrons. The van der Waals surface area contributed by atoms with Gasteiger partial charge in [-0.1, -0.05) is 36.1 Å². The summed E-state index contributed by atoms with van der Waals surface area (Å²) in [5, 5.41) is 35.9. The lowest BCUT2D eigenvalue weighted by Crippen LogP contribution is -2.34. The van der Waals surface area contributed by atoms with Crippen molar-refractivity contribution in [1.29, 1.82) is 21.0 Å². The van der Waals surface area contributed by atoms with Crippen LogP contribution in [0.3, 0.4) is 0 Å². The summed E-state index contributed by atoms with van der Waals surface area (Å²) in [6, 6.07) is 49.8. The molecule has 0 atom stereocenters. The van der Waals surface area contributed by atoms with E-state index in [1.165, 1.54) is 45.4 Å². The van der Waals surface area contributed by atoms with Gasteiger partial charge in [0.2, 0.25) is 0 Å². The Bertz CT molecular complexity index is 5470. The maximum atomic E-state index is 13.4. The topological polar surface area (TPSA) is 255 Å². The van der Waals surface area contributed by atoms with Crippen LogP contribution in [0.4, 0.5) is 0 Å². The maximum absolute atomic E-state index is 13.4. The fourth-order valence-corrected chi connectivity index (χ4v) is 12.6. The number of likely N-dealkylation sites (tertiary alicyclic amines) is 1. The molecule has 0 bridgehead atoms. The van der Waals surface area contributed by atoms with Gasteiger partial charge >= 0.3 is 0 Å². The van der Waals surface area contributed by atoms with Crippen LogP contribution in [-0.4, -0.2) is 97.5 Å². The monoisotopic (exact) mass is 1480 g/mol. The molecule has 0 unspecified atom stereocenters. The first kappa shape index (κ1) is 81.9. The molecule has 0 amide bonds. The van der Waals surface area contributed by atoms with E-state index in [0.29, 0.717) is 51.0 Å². The summed E-state index contributed by atoms with van der Waals surface area (Å²) >= 11 is 9.25. The lowest BCUT2D eigenvalue weighted by molar-refractivity contribution is -0.113. The first-order valence-corrected chi connectivity index (χ1v) is 33.6. The van der Waals surface area contributed by atoms with Crippen molar-refractivity contribution in [3.05, 3.63) is 254 Å². The number of benzene rings is 4. The molecule has 1 fully saturated rings. The number of pyridine rings is 4. The molecular formula is C85H83BrClN13O5. The molecule has 105 heavy (non-hydrogen) atoms. The van der Waals surface area contributed by atoms with Gasteiger partial charge in [0.25, 0.3) is 0 Å². The molecule has 0 spiro atoms. The zero-order valence-corrected chi connectivity index (χ0v) is 58.9. The van der Waals surface area contributed by atoms with Gasteiger partial charge in [0.05, 0.1) is 114 Å². The van der Waals surface area contributed by atoms with Crippen molar-refractivity contribution in [3.8, 4) is 47.0 Å². The standard InChI is InChI=1S/C26H26N4O2.C21H16ClN3O2.C19H15N3O.C15H10BrN3.4CH4/c1-18(31)6-7-21-14-23-26(28-16-21)25(24(32)17-29-12-4-3-5-13-29)19(2)30(23)22-10-8-20(15-27)9-11-22;1-13(26)3-4-16-9-18-21(24-12-16)20(19(27)10-22)14(2)25(18)17-7-5-15(11-23)6-8-17;1-13-9-18-19(10-16(12-21-18)4-3-14(2)23)22(13)17-7-5-15(11-20)6-8-17;1-10-6-14-15(7-12(16)9-18-14)19(10)13-4-2-11(8-17)3-5-13;;;;/h6-11,14,16H,3-5,12-13,17H2,1-2H3;3-9,12H,10H2,1-2H3;3-10,12H,1-2H3;2-7,9H,1H3;4*1H4/b7-6+;2*4-3+;;;;;. The highest BCUT2D eigenvalue weighted by atomic mass is 79.9. The number of hydrogen-bond acceptors (Lipinski definition) is 14. The number of rotatable bonds is 15. The molecule has 1 saturated heterocycles.